The minimum atomic E-state index is -0.561. The number of halogens is 1. The van der Waals surface area contributed by atoms with E-state index in [9.17, 15) is 9.50 Å². The van der Waals surface area contributed by atoms with Gasteiger partial charge >= 0.3 is 0 Å². The molecule has 0 aliphatic carbocycles. The number of ether oxygens (including phenoxy) is 1. The van der Waals surface area contributed by atoms with Crippen molar-refractivity contribution in [3.05, 3.63) is 70.9 Å². The SMILES string of the molecule is OC(COCc1ccccc1F)CN1CCN(Cc2csc3ccccc23)CC1. The predicted molar refractivity (Wildman–Crippen MR) is 116 cm³/mol. The third-order valence-corrected chi connectivity index (χ3v) is 6.43. The van der Waals surface area contributed by atoms with E-state index in [1.54, 1.807) is 18.2 Å². The molecule has 0 saturated carbocycles. The van der Waals surface area contributed by atoms with Gasteiger partial charge in [-0.25, -0.2) is 4.39 Å². The normalized spacial score (nSPS) is 17.0. The third kappa shape index (κ3) is 5.41. The lowest BCUT2D eigenvalue weighted by Crippen LogP contribution is -2.48. The summed E-state index contributed by atoms with van der Waals surface area (Å²) in [5.74, 6) is -0.267. The van der Waals surface area contributed by atoms with Crippen molar-refractivity contribution in [1.29, 1.82) is 0 Å². The molecular formula is C23H27FN2O2S. The Labute approximate surface area is 175 Å². The number of nitrogens with zero attached hydrogens (tertiary/aromatic N) is 2. The second kappa shape index (κ2) is 9.78. The van der Waals surface area contributed by atoms with Gasteiger partial charge in [-0.15, -0.1) is 11.3 Å². The molecule has 1 unspecified atom stereocenters. The van der Waals surface area contributed by atoms with Crippen molar-refractivity contribution in [3.63, 3.8) is 0 Å². The fourth-order valence-corrected chi connectivity index (χ4v) is 4.75. The summed E-state index contributed by atoms with van der Waals surface area (Å²) in [5, 5.41) is 13.9. The van der Waals surface area contributed by atoms with Crippen molar-refractivity contribution in [3.8, 4) is 0 Å². The zero-order valence-electron chi connectivity index (χ0n) is 16.5. The van der Waals surface area contributed by atoms with Gasteiger partial charge in [-0.3, -0.25) is 9.80 Å². The quantitative estimate of drug-likeness (QED) is 0.609. The van der Waals surface area contributed by atoms with Crippen LogP contribution in [0.1, 0.15) is 11.1 Å². The van der Waals surface area contributed by atoms with Crippen LogP contribution in [0.15, 0.2) is 53.9 Å². The van der Waals surface area contributed by atoms with Gasteiger partial charge in [0.25, 0.3) is 0 Å². The van der Waals surface area contributed by atoms with E-state index in [1.807, 2.05) is 11.3 Å². The maximum absolute atomic E-state index is 13.6. The van der Waals surface area contributed by atoms with Crippen molar-refractivity contribution >= 4 is 21.4 Å². The van der Waals surface area contributed by atoms with E-state index < -0.39 is 6.10 Å². The van der Waals surface area contributed by atoms with Crippen LogP contribution >= 0.6 is 11.3 Å². The molecule has 1 aromatic heterocycles. The first-order valence-electron chi connectivity index (χ1n) is 10.1. The molecule has 1 atom stereocenters. The maximum Gasteiger partial charge on any atom is 0.128 e. The first-order valence-corrected chi connectivity index (χ1v) is 11.0. The van der Waals surface area contributed by atoms with Crippen molar-refractivity contribution in [1.82, 2.24) is 9.80 Å². The van der Waals surface area contributed by atoms with E-state index in [0.29, 0.717) is 12.1 Å². The number of β-amino-alcohol motifs (C(OH)–C–C–N with tert-alkyl or cyclic N) is 1. The van der Waals surface area contributed by atoms with Crippen LogP contribution in [0.2, 0.25) is 0 Å². The summed E-state index contributed by atoms with van der Waals surface area (Å²) in [4.78, 5) is 4.76. The Bertz CT molecular complexity index is 924. The molecule has 0 amide bonds. The van der Waals surface area contributed by atoms with E-state index in [2.05, 4.69) is 39.4 Å². The topological polar surface area (TPSA) is 35.9 Å². The van der Waals surface area contributed by atoms with Crippen molar-refractivity contribution in [2.45, 2.75) is 19.3 Å². The molecule has 1 N–H and O–H groups in total. The molecule has 0 spiro atoms. The number of rotatable bonds is 8. The largest absolute Gasteiger partial charge is 0.389 e. The van der Waals surface area contributed by atoms with Crippen LogP contribution in [-0.2, 0) is 17.9 Å². The van der Waals surface area contributed by atoms with Gasteiger partial charge in [0, 0.05) is 49.5 Å². The average Bonchev–Trinajstić information content (AvgIpc) is 3.14. The van der Waals surface area contributed by atoms with Crippen LogP contribution in [-0.4, -0.2) is 60.3 Å². The molecule has 0 bridgehead atoms. The Morgan fingerprint density at radius 2 is 1.69 bits per heavy atom. The fraction of sp³-hybridized carbons (Fsp3) is 0.391. The summed E-state index contributed by atoms with van der Waals surface area (Å²) in [6.45, 7) is 5.83. The molecule has 1 fully saturated rings. The summed E-state index contributed by atoms with van der Waals surface area (Å²) in [6.07, 6.45) is -0.561. The number of thiophene rings is 1. The first-order chi connectivity index (χ1) is 14.2. The van der Waals surface area contributed by atoms with Gasteiger partial charge in [-0.1, -0.05) is 36.4 Å². The highest BCUT2D eigenvalue weighted by Crippen LogP contribution is 2.26. The summed E-state index contributed by atoms with van der Waals surface area (Å²) in [7, 11) is 0. The van der Waals surface area contributed by atoms with Crippen LogP contribution in [0, 0.1) is 5.82 Å². The van der Waals surface area contributed by atoms with E-state index in [1.165, 1.54) is 21.7 Å². The summed E-state index contributed by atoms with van der Waals surface area (Å²) in [6, 6.07) is 15.2. The lowest BCUT2D eigenvalue weighted by Gasteiger charge is -2.35. The zero-order chi connectivity index (χ0) is 20.1. The molecule has 0 radical (unpaired) electrons. The highest BCUT2D eigenvalue weighted by Gasteiger charge is 2.20. The smallest absolute Gasteiger partial charge is 0.128 e. The van der Waals surface area contributed by atoms with E-state index in [-0.39, 0.29) is 19.0 Å². The van der Waals surface area contributed by atoms with Gasteiger partial charge in [0.1, 0.15) is 5.82 Å². The Morgan fingerprint density at radius 1 is 0.966 bits per heavy atom. The number of hydrogen-bond donors (Lipinski definition) is 1. The minimum Gasteiger partial charge on any atom is -0.389 e. The van der Waals surface area contributed by atoms with Crippen molar-refractivity contribution < 1.29 is 14.2 Å². The van der Waals surface area contributed by atoms with Crippen molar-refractivity contribution in [2.24, 2.45) is 0 Å². The first kappa shape index (κ1) is 20.4. The molecule has 1 aliphatic rings. The molecule has 154 valence electrons. The van der Waals surface area contributed by atoms with Gasteiger partial charge in [0.15, 0.2) is 0 Å². The Kier molecular flexibility index (Phi) is 6.90. The number of hydrogen-bond acceptors (Lipinski definition) is 5. The zero-order valence-corrected chi connectivity index (χ0v) is 17.3. The summed E-state index contributed by atoms with van der Waals surface area (Å²) in [5.41, 5.74) is 1.93. The Balaban J connectivity index is 1.18. The van der Waals surface area contributed by atoms with Crippen LogP contribution < -0.4 is 0 Å². The lowest BCUT2D eigenvalue weighted by atomic mass is 10.1. The second-order valence-electron chi connectivity index (χ2n) is 7.59. The molecule has 6 heteroatoms. The molecule has 29 heavy (non-hydrogen) atoms. The molecule has 2 aromatic carbocycles. The molecule has 4 rings (SSSR count). The number of aliphatic hydroxyl groups is 1. The second-order valence-corrected chi connectivity index (χ2v) is 8.51. The van der Waals surface area contributed by atoms with Crippen LogP contribution in [0.5, 0.6) is 0 Å². The molecule has 2 heterocycles. The summed E-state index contributed by atoms with van der Waals surface area (Å²) < 4.78 is 20.4. The highest BCUT2D eigenvalue weighted by atomic mass is 32.1. The number of fused-ring (bicyclic) bond motifs is 1. The molecule has 4 nitrogen and oxygen atoms in total. The van der Waals surface area contributed by atoms with E-state index >= 15 is 0 Å². The monoisotopic (exact) mass is 414 g/mol. The van der Waals surface area contributed by atoms with Gasteiger partial charge in [0.05, 0.1) is 19.3 Å². The third-order valence-electron chi connectivity index (χ3n) is 5.41. The van der Waals surface area contributed by atoms with Gasteiger partial charge in [0.2, 0.25) is 0 Å². The number of benzene rings is 2. The molecule has 1 aliphatic heterocycles. The summed E-state index contributed by atoms with van der Waals surface area (Å²) >= 11 is 1.81. The highest BCUT2D eigenvalue weighted by molar-refractivity contribution is 7.17. The van der Waals surface area contributed by atoms with E-state index in [4.69, 9.17) is 4.74 Å². The minimum absolute atomic E-state index is 0.187. The standard InChI is InChI=1S/C23H27FN2O2S/c24-22-7-3-1-5-18(22)15-28-16-20(27)14-26-11-9-25(10-12-26)13-19-17-29-23-8-4-2-6-21(19)23/h1-8,17,20,27H,9-16H2. The fourth-order valence-electron chi connectivity index (χ4n) is 3.80. The lowest BCUT2D eigenvalue weighted by molar-refractivity contribution is 0.000286. The average molecular weight is 415 g/mol. The molecular weight excluding hydrogens is 387 g/mol. The van der Waals surface area contributed by atoms with Crippen LogP contribution in [0.3, 0.4) is 0 Å². The number of piperazine rings is 1. The van der Waals surface area contributed by atoms with E-state index in [0.717, 1.165) is 32.7 Å². The van der Waals surface area contributed by atoms with Gasteiger partial charge < -0.3 is 9.84 Å². The van der Waals surface area contributed by atoms with Crippen LogP contribution in [0.25, 0.3) is 10.1 Å². The Morgan fingerprint density at radius 3 is 2.52 bits per heavy atom. The van der Waals surface area contributed by atoms with Gasteiger partial charge in [-0.05, 0) is 28.5 Å². The number of aliphatic hydroxyl groups excluding tert-OH is 1. The molecule has 1 saturated heterocycles. The van der Waals surface area contributed by atoms with Crippen LogP contribution in [0.4, 0.5) is 4.39 Å². The van der Waals surface area contributed by atoms with Crippen molar-refractivity contribution in [2.75, 3.05) is 39.3 Å². The predicted octanol–water partition coefficient (Wildman–Crippen LogP) is 3.74. The molecule has 3 aromatic rings. The van der Waals surface area contributed by atoms with Gasteiger partial charge in [-0.2, -0.15) is 0 Å². The Hall–Kier alpha value is -1.83. The maximum atomic E-state index is 13.6.